The zero-order chi connectivity index (χ0) is 25.2. The molecule has 1 fully saturated rings. The number of hydrogen-bond donors (Lipinski definition) is 0. The fraction of sp³-hybridized carbons (Fsp3) is 0.320. The predicted molar refractivity (Wildman–Crippen MR) is 134 cm³/mol. The van der Waals surface area contributed by atoms with Gasteiger partial charge in [-0.1, -0.05) is 6.07 Å². The summed E-state index contributed by atoms with van der Waals surface area (Å²) in [5.41, 5.74) is 1.45. The molecule has 0 radical (unpaired) electrons. The summed E-state index contributed by atoms with van der Waals surface area (Å²) < 4.78 is 26.2. The van der Waals surface area contributed by atoms with Crippen LogP contribution in [0.25, 0.3) is 6.08 Å². The van der Waals surface area contributed by atoms with Crippen LogP contribution < -0.4 is 14.2 Å². The van der Waals surface area contributed by atoms with Crippen molar-refractivity contribution >= 4 is 40.6 Å². The molecule has 9 nitrogen and oxygen atoms in total. The van der Waals surface area contributed by atoms with Crippen molar-refractivity contribution in [1.82, 2.24) is 4.90 Å². The van der Waals surface area contributed by atoms with Crippen LogP contribution in [-0.4, -0.2) is 69.6 Å². The molecule has 2 aromatic carbocycles. The smallest absolute Gasteiger partial charge is 0.343 e. The third-order valence-corrected chi connectivity index (χ3v) is 5.85. The number of amidine groups is 1. The number of carbonyl (C=O) groups is 2. The minimum Gasteiger partial charge on any atom is -0.497 e. The van der Waals surface area contributed by atoms with E-state index in [0.717, 1.165) is 11.3 Å². The number of nitrogens with zero attached hydrogens (tertiary/aromatic N) is 2. The lowest BCUT2D eigenvalue weighted by Crippen LogP contribution is -2.32. The SMILES string of the molecule is CCOc1cc(/C=C2\SC(=Nc3ccc(OC)cc3)N(CCOC)C2=O)ccc1OCC(=O)OC. The number of ether oxygens (including phenoxy) is 5. The van der Waals surface area contributed by atoms with Crippen molar-refractivity contribution in [3.05, 3.63) is 52.9 Å². The molecule has 0 N–H and O–H groups in total. The molecule has 2 aromatic rings. The second-order valence-electron chi connectivity index (χ2n) is 7.16. The Bertz CT molecular complexity index is 1100. The molecule has 1 aliphatic rings. The van der Waals surface area contributed by atoms with Crippen molar-refractivity contribution in [1.29, 1.82) is 0 Å². The van der Waals surface area contributed by atoms with Gasteiger partial charge in [-0.2, -0.15) is 0 Å². The fourth-order valence-electron chi connectivity index (χ4n) is 3.09. The van der Waals surface area contributed by atoms with Crippen LogP contribution in [0.5, 0.6) is 17.2 Å². The van der Waals surface area contributed by atoms with Crippen LogP contribution in [0.4, 0.5) is 5.69 Å². The van der Waals surface area contributed by atoms with Gasteiger partial charge >= 0.3 is 5.97 Å². The summed E-state index contributed by atoms with van der Waals surface area (Å²) in [4.78, 5) is 31.4. The van der Waals surface area contributed by atoms with Crippen LogP contribution in [0.15, 0.2) is 52.4 Å². The summed E-state index contributed by atoms with van der Waals surface area (Å²) >= 11 is 1.28. The summed E-state index contributed by atoms with van der Waals surface area (Å²) in [5.74, 6) is 0.942. The lowest BCUT2D eigenvalue weighted by atomic mass is 10.2. The molecule has 186 valence electrons. The fourth-order valence-corrected chi connectivity index (χ4v) is 4.11. The number of methoxy groups -OCH3 is 3. The minimum absolute atomic E-state index is 0.164. The summed E-state index contributed by atoms with van der Waals surface area (Å²) in [7, 11) is 4.48. The van der Waals surface area contributed by atoms with E-state index in [0.29, 0.717) is 47.0 Å². The second kappa shape index (κ2) is 12.8. The van der Waals surface area contributed by atoms with Gasteiger partial charge in [0.05, 0.1) is 44.6 Å². The maximum absolute atomic E-state index is 13.2. The Morgan fingerprint density at radius 2 is 1.83 bits per heavy atom. The zero-order valence-electron chi connectivity index (χ0n) is 20.1. The van der Waals surface area contributed by atoms with E-state index in [1.54, 1.807) is 43.4 Å². The number of aliphatic imine (C=N–C) groups is 1. The van der Waals surface area contributed by atoms with Crippen molar-refractivity contribution in [2.75, 3.05) is 47.7 Å². The lowest BCUT2D eigenvalue weighted by molar-refractivity contribution is -0.142. The Morgan fingerprint density at radius 1 is 1.06 bits per heavy atom. The highest BCUT2D eigenvalue weighted by atomic mass is 32.2. The Kier molecular flexibility index (Phi) is 9.56. The van der Waals surface area contributed by atoms with Crippen molar-refractivity contribution in [3.63, 3.8) is 0 Å². The molecule has 0 aromatic heterocycles. The summed E-state index contributed by atoms with van der Waals surface area (Å²) in [6, 6.07) is 12.5. The van der Waals surface area contributed by atoms with E-state index in [9.17, 15) is 9.59 Å². The molecule has 0 bridgehead atoms. The molecular formula is C25H28N2O7S. The van der Waals surface area contributed by atoms with Gasteiger partial charge in [0.25, 0.3) is 5.91 Å². The maximum Gasteiger partial charge on any atom is 0.343 e. The topological polar surface area (TPSA) is 95.9 Å². The molecule has 0 spiro atoms. The lowest BCUT2D eigenvalue weighted by Gasteiger charge is -2.14. The first-order valence-electron chi connectivity index (χ1n) is 10.9. The van der Waals surface area contributed by atoms with E-state index in [4.69, 9.17) is 18.9 Å². The number of amides is 1. The first-order valence-corrected chi connectivity index (χ1v) is 11.7. The number of rotatable bonds is 11. The van der Waals surface area contributed by atoms with Crippen LogP contribution in [0, 0.1) is 0 Å². The highest BCUT2D eigenvalue weighted by Gasteiger charge is 2.33. The van der Waals surface area contributed by atoms with E-state index in [1.165, 1.54) is 18.9 Å². The van der Waals surface area contributed by atoms with Crippen LogP contribution in [0.1, 0.15) is 12.5 Å². The largest absolute Gasteiger partial charge is 0.497 e. The highest BCUT2D eigenvalue weighted by molar-refractivity contribution is 8.18. The molecule has 1 amide bonds. The summed E-state index contributed by atoms with van der Waals surface area (Å²) in [6.45, 7) is 2.78. The van der Waals surface area contributed by atoms with Gasteiger partial charge in [0.15, 0.2) is 23.3 Å². The van der Waals surface area contributed by atoms with Crippen molar-refractivity contribution < 1.29 is 33.3 Å². The van der Waals surface area contributed by atoms with E-state index in [2.05, 4.69) is 9.73 Å². The number of carbonyl (C=O) groups excluding carboxylic acids is 2. The summed E-state index contributed by atoms with van der Waals surface area (Å²) in [5, 5.41) is 0.562. The highest BCUT2D eigenvalue weighted by Crippen LogP contribution is 2.36. The third kappa shape index (κ3) is 7.00. The molecule has 0 aliphatic carbocycles. The van der Waals surface area contributed by atoms with Crippen molar-refractivity contribution in [3.8, 4) is 17.2 Å². The molecule has 3 rings (SSSR count). The van der Waals surface area contributed by atoms with Gasteiger partial charge in [-0.05, 0) is 66.7 Å². The quantitative estimate of drug-likeness (QED) is 0.339. The standard InChI is InChI=1S/C25H28N2O7S/c1-5-33-21-14-17(6-11-20(21)34-16-23(28)32-4)15-22-24(29)27(12-13-30-2)25(35-22)26-18-7-9-19(31-3)10-8-18/h6-11,14-15H,5,12-13,16H2,1-4H3/b22-15-,26-25?. The second-order valence-corrected chi connectivity index (χ2v) is 8.17. The first-order chi connectivity index (χ1) is 17.0. The average Bonchev–Trinajstić information content (AvgIpc) is 3.16. The average molecular weight is 501 g/mol. The molecular weight excluding hydrogens is 472 g/mol. The molecule has 1 heterocycles. The van der Waals surface area contributed by atoms with Gasteiger partial charge in [0.2, 0.25) is 0 Å². The van der Waals surface area contributed by atoms with Crippen LogP contribution in [-0.2, 0) is 19.1 Å². The number of thioether (sulfide) groups is 1. The molecule has 0 saturated carbocycles. The van der Waals surface area contributed by atoms with Gasteiger partial charge in [-0.3, -0.25) is 9.69 Å². The molecule has 10 heteroatoms. The Labute approximate surface area is 208 Å². The van der Waals surface area contributed by atoms with Gasteiger partial charge in [-0.15, -0.1) is 0 Å². The third-order valence-electron chi connectivity index (χ3n) is 4.84. The van der Waals surface area contributed by atoms with Gasteiger partial charge in [0.1, 0.15) is 5.75 Å². The van der Waals surface area contributed by atoms with E-state index in [1.807, 2.05) is 31.2 Å². The van der Waals surface area contributed by atoms with E-state index < -0.39 is 5.97 Å². The summed E-state index contributed by atoms with van der Waals surface area (Å²) in [6.07, 6.45) is 1.77. The Balaban J connectivity index is 1.88. The van der Waals surface area contributed by atoms with Crippen LogP contribution in [0.2, 0.25) is 0 Å². The van der Waals surface area contributed by atoms with Gasteiger partial charge in [0, 0.05) is 7.11 Å². The normalized spacial score (nSPS) is 15.5. The van der Waals surface area contributed by atoms with Crippen molar-refractivity contribution in [2.45, 2.75) is 6.92 Å². The predicted octanol–water partition coefficient (Wildman–Crippen LogP) is 3.90. The Hall–Kier alpha value is -3.50. The monoisotopic (exact) mass is 500 g/mol. The van der Waals surface area contributed by atoms with Crippen molar-refractivity contribution in [2.24, 2.45) is 4.99 Å². The number of benzene rings is 2. The minimum atomic E-state index is -0.494. The number of esters is 1. The van der Waals surface area contributed by atoms with Crippen LogP contribution >= 0.6 is 11.8 Å². The molecule has 0 unspecified atom stereocenters. The molecule has 35 heavy (non-hydrogen) atoms. The maximum atomic E-state index is 13.2. The molecule has 0 atom stereocenters. The number of hydrogen-bond acceptors (Lipinski definition) is 9. The first kappa shape index (κ1) is 26.1. The zero-order valence-corrected chi connectivity index (χ0v) is 20.9. The Morgan fingerprint density at radius 3 is 2.49 bits per heavy atom. The molecule has 1 aliphatic heterocycles. The molecule has 1 saturated heterocycles. The van der Waals surface area contributed by atoms with Crippen LogP contribution in [0.3, 0.4) is 0 Å². The van der Waals surface area contributed by atoms with E-state index >= 15 is 0 Å². The van der Waals surface area contributed by atoms with Gasteiger partial charge in [-0.25, -0.2) is 9.79 Å². The van der Waals surface area contributed by atoms with E-state index in [-0.39, 0.29) is 12.5 Å². The van der Waals surface area contributed by atoms with Gasteiger partial charge < -0.3 is 23.7 Å².